The predicted octanol–water partition coefficient (Wildman–Crippen LogP) is 2.94. The van der Waals surface area contributed by atoms with Crippen LogP contribution in [0.25, 0.3) is 0 Å². The van der Waals surface area contributed by atoms with E-state index >= 15 is 0 Å². The van der Waals surface area contributed by atoms with E-state index in [0.717, 1.165) is 38.0 Å². The molecule has 0 radical (unpaired) electrons. The molecule has 0 N–H and O–H groups in total. The molecule has 1 aromatic rings. The third-order valence-electron chi connectivity index (χ3n) is 4.18. The molecule has 4 heteroatoms. The monoisotopic (exact) mass is 282 g/mol. The summed E-state index contributed by atoms with van der Waals surface area (Å²) in [6.07, 6.45) is 1.93. The van der Waals surface area contributed by atoms with Crippen LogP contribution >= 0.6 is 11.6 Å². The number of alkyl halides is 1. The Balaban J connectivity index is 2.56. The van der Waals surface area contributed by atoms with E-state index < -0.39 is 0 Å². The molecule has 0 fully saturated rings. The van der Waals surface area contributed by atoms with Gasteiger partial charge >= 0.3 is 0 Å². The Labute approximate surface area is 120 Å². The Bertz CT molecular complexity index is 510. The Morgan fingerprint density at radius 2 is 2.16 bits per heavy atom. The summed E-state index contributed by atoms with van der Waals surface area (Å²) in [6, 6.07) is 2.27. The highest BCUT2D eigenvalue weighted by atomic mass is 35.5. The lowest BCUT2D eigenvalue weighted by molar-refractivity contribution is 0.259. The van der Waals surface area contributed by atoms with Crippen molar-refractivity contribution in [3.63, 3.8) is 0 Å². The second-order valence-corrected chi connectivity index (χ2v) is 5.59. The first-order valence-electron chi connectivity index (χ1n) is 7.16. The molecule has 1 aliphatic rings. The molecule has 1 unspecified atom stereocenters. The van der Waals surface area contributed by atoms with Crippen LogP contribution in [0.4, 0.5) is 0 Å². The highest BCUT2D eigenvalue weighted by molar-refractivity contribution is 6.17. The lowest BCUT2D eigenvalue weighted by atomic mass is 10.0. The average molecular weight is 283 g/mol. The van der Waals surface area contributed by atoms with Crippen molar-refractivity contribution < 1.29 is 0 Å². The molecular formula is C15H23ClN2O. The fraction of sp³-hybridized carbons (Fsp3) is 0.667. The molecule has 106 valence electrons. The topological polar surface area (TPSA) is 25.2 Å². The summed E-state index contributed by atoms with van der Waals surface area (Å²) in [5.74, 6) is 0.300. The fourth-order valence-electron chi connectivity index (χ4n) is 2.80. The summed E-state index contributed by atoms with van der Waals surface area (Å²) in [5, 5.41) is 0. The van der Waals surface area contributed by atoms with Crippen molar-refractivity contribution in [2.75, 3.05) is 13.1 Å². The molecule has 0 saturated heterocycles. The second-order valence-electron chi connectivity index (χ2n) is 5.33. The molecule has 1 aliphatic heterocycles. The summed E-state index contributed by atoms with van der Waals surface area (Å²) in [6.45, 7) is 9.45. The SMILES string of the molecule is CCC(C)n1c2c(cc(CCl)c1=O)CN(CC)CC2. The lowest BCUT2D eigenvalue weighted by Gasteiger charge is -2.31. The predicted molar refractivity (Wildman–Crippen MR) is 79.9 cm³/mol. The van der Waals surface area contributed by atoms with E-state index in [2.05, 4.69) is 25.7 Å². The van der Waals surface area contributed by atoms with E-state index in [0.29, 0.717) is 5.88 Å². The molecule has 0 bridgehead atoms. The third kappa shape index (κ3) is 2.72. The minimum Gasteiger partial charge on any atom is -0.309 e. The summed E-state index contributed by atoms with van der Waals surface area (Å²) < 4.78 is 1.99. The van der Waals surface area contributed by atoms with Gasteiger partial charge in [-0.05, 0) is 31.5 Å². The van der Waals surface area contributed by atoms with Crippen molar-refractivity contribution >= 4 is 11.6 Å². The smallest absolute Gasteiger partial charge is 0.255 e. The normalized spacial score (nSPS) is 17.3. The van der Waals surface area contributed by atoms with Crippen LogP contribution in [0.15, 0.2) is 10.9 Å². The van der Waals surface area contributed by atoms with Gasteiger partial charge in [0.15, 0.2) is 0 Å². The fourth-order valence-corrected chi connectivity index (χ4v) is 3.00. The van der Waals surface area contributed by atoms with Crippen molar-refractivity contribution in [3.8, 4) is 0 Å². The molecule has 0 saturated carbocycles. The molecule has 0 aliphatic carbocycles. The number of hydrogen-bond donors (Lipinski definition) is 0. The molecule has 0 aromatic carbocycles. The maximum absolute atomic E-state index is 12.5. The Hall–Kier alpha value is -0.800. The molecule has 3 nitrogen and oxygen atoms in total. The maximum Gasteiger partial charge on any atom is 0.255 e. The summed E-state index contributed by atoms with van der Waals surface area (Å²) in [5.41, 5.74) is 3.34. The number of likely N-dealkylation sites (N-methyl/N-ethyl adjacent to an activating group) is 1. The first-order chi connectivity index (χ1) is 9.12. The Kier molecular flexibility index (Phi) is 4.69. The minimum atomic E-state index is 0.105. The second kappa shape index (κ2) is 6.10. The number of aromatic nitrogens is 1. The first kappa shape index (κ1) is 14.6. The van der Waals surface area contributed by atoms with Gasteiger partial charge in [0.25, 0.3) is 5.56 Å². The number of rotatable bonds is 4. The van der Waals surface area contributed by atoms with Crippen LogP contribution in [0.1, 0.15) is 50.1 Å². The van der Waals surface area contributed by atoms with Gasteiger partial charge < -0.3 is 4.57 Å². The number of hydrogen-bond acceptors (Lipinski definition) is 2. The summed E-state index contributed by atoms with van der Waals surface area (Å²) >= 11 is 5.94. The maximum atomic E-state index is 12.5. The zero-order valence-electron chi connectivity index (χ0n) is 12.1. The zero-order valence-corrected chi connectivity index (χ0v) is 12.8. The van der Waals surface area contributed by atoms with Gasteiger partial charge in [-0.15, -0.1) is 11.6 Å². The van der Waals surface area contributed by atoms with Gasteiger partial charge in [-0.2, -0.15) is 0 Å². The van der Waals surface area contributed by atoms with Gasteiger partial charge in [0, 0.05) is 36.8 Å². The van der Waals surface area contributed by atoms with E-state index in [-0.39, 0.29) is 11.6 Å². The van der Waals surface area contributed by atoms with E-state index in [4.69, 9.17) is 11.6 Å². The third-order valence-corrected chi connectivity index (χ3v) is 4.47. The number of pyridine rings is 1. The lowest BCUT2D eigenvalue weighted by Crippen LogP contribution is -2.37. The van der Waals surface area contributed by atoms with Crippen LogP contribution in [0, 0.1) is 0 Å². The minimum absolute atomic E-state index is 0.105. The molecule has 2 rings (SSSR count). The number of fused-ring (bicyclic) bond motifs is 1. The van der Waals surface area contributed by atoms with Crippen LogP contribution in [0.3, 0.4) is 0 Å². The highest BCUT2D eigenvalue weighted by Gasteiger charge is 2.22. The molecule has 1 aromatic heterocycles. The van der Waals surface area contributed by atoms with Crippen LogP contribution in [-0.2, 0) is 18.8 Å². The highest BCUT2D eigenvalue weighted by Crippen LogP contribution is 2.22. The van der Waals surface area contributed by atoms with Crippen LogP contribution in [0.5, 0.6) is 0 Å². The first-order valence-corrected chi connectivity index (χ1v) is 7.70. The van der Waals surface area contributed by atoms with Crippen LogP contribution in [0.2, 0.25) is 0 Å². The van der Waals surface area contributed by atoms with Crippen molar-refractivity contribution in [1.82, 2.24) is 9.47 Å². The Morgan fingerprint density at radius 1 is 1.42 bits per heavy atom. The molecule has 1 atom stereocenters. The molecule has 0 amide bonds. The number of nitrogens with zero attached hydrogens (tertiary/aromatic N) is 2. The largest absolute Gasteiger partial charge is 0.309 e. The van der Waals surface area contributed by atoms with Gasteiger partial charge in [0.05, 0.1) is 5.88 Å². The molecule has 0 spiro atoms. The summed E-state index contributed by atoms with van der Waals surface area (Å²) in [4.78, 5) is 14.9. The number of halogens is 1. The zero-order chi connectivity index (χ0) is 14.0. The van der Waals surface area contributed by atoms with E-state index in [1.165, 1.54) is 11.3 Å². The van der Waals surface area contributed by atoms with Gasteiger partial charge in [0.2, 0.25) is 0 Å². The molecule has 2 heterocycles. The van der Waals surface area contributed by atoms with Crippen molar-refractivity contribution in [1.29, 1.82) is 0 Å². The Morgan fingerprint density at radius 3 is 2.74 bits per heavy atom. The van der Waals surface area contributed by atoms with Gasteiger partial charge in [-0.25, -0.2) is 0 Å². The quantitative estimate of drug-likeness (QED) is 0.794. The molecule has 19 heavy (non-hydrogen) atoms. The van der Waals surface area contributed by atoms with Crippen molar-refractivity contribution in [3.05, 3.63) is 33.2 Å². The van der Waals surface area contributed by atoms with Gasteiger partial charge in [-0.1, -0.05) is 13.8 Å². The molecular weight excluding hydrogens is 260 g/mol. The average Bonchev–Trinajstić information content (AvgIpc) is 2.45. The van der Waals surface area contributed by atoms with Crippen LogP contribution in [-0.4, -0.2) is 22.6 Å². The van der Waals surface area contributed by atoms with E-state index in [1.807, 2.05) is 10.6 Å². The van der Waals surface area contributed by atoms with Gasteiger partial charge in [0.1, 0.15) is 0 Å². The summed E-state index contributed by atoms with van der Waals surface area (Å²) in [7, 11) is 0. The van der Waals surface area contributed by atoms with Gasteiger partial charge in [-0.3, -0.25) is 9.69 Å². The standard InChI is InChI=1S/C15H23ClN2O/c1-4-11(3)18-14-6-7-17(5-2)10-13(14)8-12(9-16)15(18)19/h8,11H,4-7,9-10H2,1-3H3. The van der Waals surface area contributed by atoms with E-state index in [1.54, 1.807) is 0 Å². The van der Waals surface area contributed by atoms with E-state index in [9.17, 15) is 4.79 Å². The van der Waals surface area contributed by atoms with Crippen LogP contribution < -0.4 is 5.56 Å². The van der Waals surface area contributed by atoms with Crippen molar-refractivity contribution in [2.45, 2.75) is 52.1 Å². The van der Waals surface area contributed by atoms with Crippen molar-refractivity contribution in [2.24, 2.45) is 0 Å².